The fourth-order valence-electron chi connectivity index (χ4n) is 3.41. The van der Waals surface area contributed by atoms with Crippen LogP contribution in [0.4, 0.5) is 5.69 Å². The van der Waals surface area contributed by atoms with E-state index < -0.39 is 45.4 Å². The van der Waals surface area contributed by atoms with E-state index in [2.05, 4.69) is 38.6 Å². The molecule has 0 saturated heterocycles. The first-order valence-corrected chi connectivity index (χ1v) is 15.7. The number of nitro groups is 1. The molecular weight excluding hydrogens is 488 g/mol. The number of aliphatic carboxylic acids is 1. The Kier molecular flexibility index (Phi) is 8.98. The number of nitro benzene ring substituents is 1. The maximum atomic E-state index is 13.3. The number of para-hydroxylation sites is 1. The smallest absolute Gasteiger partial charge is 0.325 e. The van der Waals surface area contributed by atoms with Crippen LogP contribution in [0.15, 0.2) is 59.5 Å². The fourth-order valence-corrected chi connectivity index (χ4v) is 6.06. The maximum absolute atomic E-state index is 13.3. The highest BCUT2D eigenvalue weighted by molar-refractivity contribution is 7.89. The summed E-state index contributed by atoms with van der Waals surface area (Å²) in [4.78, 5) is 22.7. The topological polar surface area (TPSA) is 136 Å². The van der Waals surface area contributed by atoms with E-state index in [1.54, 1.807) is 30.3 Å². The molecule has 0 radical (unpaired) electrons. The van der Waals surface area contributed by atoms with Crippen LogP contribution in [-0.2, 0) is 25.7 Å². The molecule has 2 aromatic carbocycles. The molecule has 2 aromatic rings. The number of carboxylic acids is 1. The van der Waals surface area contributed by atoms with Gasteiger partial charge in [0.25, 0.3) is 5.69 Å². The zero-order valence-corrected chi connectivity index (χ0v) is 22.6. The molecule has 1 unspecified atom stereocenters. The second-order valence-corrected chi connectivity index (χ2v) is 16.6. The zero-order valence-electron chi connectivity index (χ0n) is 20.8. The van der Waals surface area contributed by atoms with E-state index in [0.29, 0.717) is 5.56 Å². The van der Waals surface area contributed by atoms with Crippen LogP contribution < -0.4 is 4.72 Å². The van der Waals surface area contributed by atoms with Gasteiger partial charge in [-0.15, -0.1) is 0 Å². The number of nitrogens with one attached hydrogen (secondary N) is 1. The Morgan fingerprint density at radius 2 is 1.66 bits per heavy atom. The van der Waals surface area contributed by atoms with E-state index in [1.165, 1.54) is 12.1 Å². The summed E-state index contributed by atoms with van der Waals surface area (Å²) in [6, 6.07) is 13.5. The van der Waals surface area contributed by atoms with Gasteiger partial charge in [0, 0.05) is 19.1 Å². The highest BCUT2D eigenvalue weighted by Crippen LogP contribution is 2.37. The molecule has 192 valence electrons. The molecule has 35 heavy (non-hydrogen) atoms. The molecule has 2 N–H and O–H groups in total. The third kappa shape index (κ3) is 7.20. The van der Waals surface area contributed by atoms with Crippen molar-refractivity contribution in [1.82, 2.24) is 4.72 Å². The summed E-state index contributed by atoms with van der Waals surface area (Å²) in [5.41, 5.74) is -1.94. The zero-order chi connectivity index (χ0) is 26.5. The normalized spacial score (nSPS) is 14.3. The van der Waals surface area contributed by atoms with Crippen molar-refractivity contribution in [2.45, 2.75) is 68.6 Å². The van der Waals surface area contributed by atoms with Gasteiger partial charge in [-0.2, -0.15) is 4.72 Å². The molecule has 0 spiro atoms. The van der Waals surface area contributed by atoms with Crippen molar-refractivity contribution in [3.05, 3.63) is 70.3 Å². The Morgan fingerprint density at radius 3 is 2.20 bits per heavy atom. The van der Waals surface area contributed by atoms with Gasteiger partial charge in [0.15, 0.2) is 13.2 Å². The molecule has 0 aliphatic rings. The van der Waals surface area contributed by atoms with Crippen LogP contribution in [0.25, 0.3) is 0 Å². The second-order valence-electron chi connectivity index (χ2n) is 10.1. The number of carboxylic acid groups (broad SMARTS) is 1. The van der Waals surface area contributed by atoms with Crippen LogP contribution in [0.3, 0.4) is 0 Å². The SMILES string of the molecule is CC(C)(C)[Si](C)(C)OCCCC(Cc1ccccc1)(NS(=O)(=O)c1ccccc1[N+](=O)[O-])C(=O)O. The van der Waals surface area contributed by atoms with Gasteiger partial charge in [-0.25, -0.2) is 8.42 Å². The van der Waals surface area contributed by atoms with Gasteiger partial charge in [0.05, 0.1) is 4.92 Å². The molecule has 1 atom stereocenters. The lowest BCUT2D eigenvalue weighted by molar-refractivity contribution is -0.387. The second kappa shape index (κ2) is 11.0. The standard InChI is InChI=1S/C24H34N2O7SSi/c1-23(2,3)35(4,5)33-17-11-16-24(22(27)28,18-19-12-7-6-8-13-19)25-34(31,32)21-15-10-9-14-20(21)26(29)30/h6-10,12-15,25H,11,16-18H2,1-5H3,(H,27,28). The lowest BCUT2D eigenvalue weighted by Crippen LogP contribution is -2.56. The highest BCUT2D eigenvalue weighted by atomic mass is 32.2. The van der Waals surface area contributed by atoms with E-state index in [-0.39, 0.29) is 30.9 Å². The molecule has 0 amide bonds. The third-order valence-corrected chi connectivity index (χ3v) is 12.6. The average Bonchev–Trinajstić information content (AvgIpc) is 2.76. The Hall–Kier alpha value is -2.60. The van der Waals surface area contributed by atoms with Crippen molar-refractivity contribution in [1.29, 1.82) is 0 Å². The number of hydrogen-bond donors (Lipinski definition) is 2. The van der Waals surface area contributed by atoms with Gasteiger partial charge in [0.1, 0.15) is 5.54 Å². The Labute approximate surface area is 207 Å². The first-order valence-electron chi connectivity index (χ1n) is 11.3. The summed E-state index contributed by atoms with van der Waals surface area (Å²) in [6.45, 7) is 10.7. The summed E-state index contributed by atoms with van der Waals surface area (Å²) in [7, 11) is -6.64. The Balaban J connectivity index is 2.41. The van der Waals surface area contributed by atoms with Crippen LogP contribution in [-0.4, -0.2) is 44.9 Å². The predicted molar refractivity (Wildman–Crippen MR) is 136 cm³/mol. The van der Waals surface area contributed by atoms with Crippen LogP contribution in [0.1, 0.15) is 39.2 Å². The van der Waals surface area contributed by atoms with E-state index in [1.807, 2.05) is 0 Å². The quantitative estimate of drug-likeness (QED) is 0.178. The number of carbonyl (C=O) groups is 1. The Morgan fingerprint density at radius 1 is 1.09 bits per heavy atom. The number of nitrogens with zero attached hydrogens (tertiary/aromatic N) is 1. The fraction of sp³-hybridized carbons (Fsp3) is 0.458. The van der Waals surface area contributed by atoms with E-state index in [0.717, 1.165) is 12.1 Å². The van der Waals surface area contributed by atoms with Crippen molar-refractivity contribution in [2.75, 3.05) is 6.61 Å². The molecule has 0 bridgehead atoms. The molecule has 0 aromatic heterocycles. The molecule has 0 aliphatic heterocycles. The van der Waals surface area contributed by atoms with Crippen LogP contribution in [0, 0.1) is 10.1 Å². The summed E-state index contributed by atoms with van der Waals surface area (Å²) in [5, 5.41) is 21.7. The third-order valence-electron chi connectivity index (χ3n) is 6.46. The van der Waals surface area contributed by atoms with Crippen LogP contribution in [0.2, 0.25) is 18.1 Å². The molecule has 0 aliphatic carbocycles. The molecule has 0 fully saturated rings. The molecular formula is C24H34N2O7SSi. The minimum atomic E-state index is -4.55. The first kappa shape index (κ1) is 28.6. The average molecular weight is 523 g/mol. The van der Waals surface area contributed by atoms with Crippen LogP contribution >= 0.6 is 0 Å². The van der Waals surface area contributed by atoms with Gasteiger partial charge in [-0.1, -0.05) is 63.2 Å². The molecule has 9 nitrogen and oxygen atoms in total. The molecule has 0 heterocycles. The van der Waals surface area contributed by atoms with Gasteiger partial charge in [-0.05, 0) is 42.6 Å². The molecule has 2 rings (SSSR count). The predicted octanol–water partition coefficient (Wildman–Crippen LogP) is 4.74. The Bertz CT molecular complexity index is 1150. The highest BCUT2D eigenvalue weighted by Gasteiger charge is 2.44. The largest absolute Gasteiger partial charge is 0.480 e. The molecule has 11 heteroatoms. The number of hydrogen-bond acceptors (Lipinski definition) is 6. The summed E-state index contributed by atoms with van der Waals surface area (Å²) >= 11 is 0. The lowest BCUT2D eigenvalue weighted by Gasteiger charge is -2.36. The summed E-state index contributed by atoms with van der Waals surface area (Å²) in [5.74, 6) is -1.36. The van der Waals surface area contributed by atoms with E-state index >= 15 is 0 Å². The first-order chi connectivity index (χ1) is 16.1. The van der Waals surface area contributed by atoms with Crippen molar-refractivity contribution >= 4 is 30.0 Å². The lowest BCUT2D eigenvalue weighted by atomic mass is 9.87. The monoisotopic (exact) mass is 522 g/mol. The number of sulfonamides is 1. The van der Waals surface area contributed by atoms with Crippen molar-refractivity contribution in [3.63, 3.8) is 0 Å². The van der Waals surface area contributed by atoms with E-state index in [9.17, 15) is 28.4 Å². The number of benzene rings is 2. The minimum Gasteiger partial charge on any atom is -0.480 e. The van der Waals surface area contributed by atoms with Gasteiger partial charge in [0.2, 0.25) is 10.0 Å². The van der Waals surface area contributed by atoms with Gasteiger partial charge < -0.3 is 9.53 Å². The van der Waals surface area contributed by atoms with Crippen molar-refractivity contribution < 1.29 is 27.7 Å². The van der Waals surface area contributed by atoms with Gasteiger partial charge in [-0.3, -0.25) is 14.9 Å². The van der Waals surface area contributed by atoms with Crippen LogP contribution in [0.5, 0.6) is 0 Å². The van der Waals surface area contributed by atoms with Gasteiger partial charge >= 0.3 is 5.97 Å². The number of rotatable bonds is 12. The van der Waals surface area contributed by atoms with Crippen molar-refractivity contribution in [2.24, 2.45) is 0 Å². The molecule has 0 saturated carbocycles. The summed E-state index contributed by atoms with van der Waals surface area (Å²) < 4.78 is 35.1. The maximum Gasteiger partial charge on any atom is 0.325 e. The summed E-state index contributed by atoms with van der Waals surface area (Å²) in [6.07, 6.45) is 0.0832. The van der Waals surface area contributed by atoms with Crippen molar-refractivity contribution in [3.8, 4) is 0 Å². The minimum absolute atomic E-state index is 0.0330. The van der Waals surface area contributed by atoms with E-state index in [4.69, 9.17) is 4.43 Å².